The molecule has 0 saturated carbocycles. The van der Waals surface area contributed by atoms with Crippen LogP contribution in [-0.2, 0) is 4.79 Å². The highest BCUT2D eigenvalue weighted by atomic mass is 16.5. The average Bonchev–Trinajstić information content (AvgIpc) is 2.94. The maximum absolute atomic E-state index is 11.9. The molecule has 1 fully saturated rings. The van der Waals surface area contributed by atoms with Gasteiger partial charge in [-0.25, -0.2) is 0 Å². The quantitative estimate of drug-likeness (QED) is 0.494. The standard InChI is InChI=1S/C14H20N6O2/c1-11-8-13(19-22-11)18-10-12(9-15)14(21)17-4-7-20-5-2-16-3-6-20/h8,10,16H,2-7H2,1H3,(H,17,21)(H,18,19)/b12-10-. The summed E-state index contributed by atoms with van der Waals surface area (Å²) < 4.78 is 4.89. The fraction of sp³-hybridized carbons (Fsp3) is 0.500. The van der Waals surface area contributed by atoms with E-state index in [0.717, 1.165) is 32.7 Å². The third-order valence-electron chi connectivity index (χ3n) is 3.28. The summed E-state index contributed by atoms with van der Waals surface area (Å²) >= 11 is 0. The van der Waals surface area contributed by atoms with E-state index in [2.05, 4.69) is 26.0 Å². The van der Waals surface area contributed by atoms with Gasteiger partial charge in [0.1, 0.15) is 17.4 Å². The Bertz CT molecular complexity index is 568. The number of amides is 1. The molecule has 0 unspecified atom stereocenters. The predicted molar refractivity (Wildman–Crippen MR) is 80.9 cm³/mol. The number of piperazine rings is 1. The molecule has 2 rings (SSSR count). The zero-order valence-electron chi connectivity index (χ0n) is 12.6. The number of carbonyl (C=O) groups excluding carboxylic acids is 1. The van der Waals surface area contributed by atoms with Gasteiger partial charge in [-0.2, -0.15) is 5.26 Å². The average molecular weight is 304 g/mol. The summed E-state index contributed by atoms with van der Waals surface area (Å²) in [5.41, 5.74) is 0.000892. The summed E-state index contributed by atoms with van der Waals surface area (Å²) in [6.07, 6.45) is 1.33. The van der Waals surface area contributed by atoms with Crippen LogP contribution in [0.1, 0.15) is 5.76 Å². The van der Waals surface area contributed by atoms with Crippen LogP contribution in [0.5, 0.6) is 0 Å². The largest absolute Gasteiger partial charge is 0.360 e. The molecule has 118 valence electrons. The van der Waals surface area contributed by atoms with Crippen molar-refractivity contribution in [3.63, 3.8) is 0 Å². The lowest BCUT2D eigenvalue weighted by Gasteiger charge is -2.27. The Morgan fingerprint density at radius 3 is 3.00 bits per heavy atom. The van der Waals surface area contributed by atoms with E-state index in [9.17, 15) is 4.79 Å². The zero-order valence-corrected chi connectivity index (χ0v) is 12.6. The number of rotatable bonds is 6. The van der Waals surface area contributed by atoms with E-state index in [1.165, 1.54) is 6.20 Å². The molecule has 1 saturated heterocycles. The van der Waals surface area contributed by atoms with Crippen molar-refractivity contribution < 1.29 is 9.32 Å². The van der Waals surface area contributed by atoms with Crippen molar-refractivity contribution in [1.29, 1.82) is 5.26 Å². The van der Waals surface area contributed by atoms with Crippen molar-refractivity contribution in [1.82, 2.24) is 20.7 Å². The van der Waals surface area contributed by atoms with Crippen molar-refractivity contribution >= 4 is 11.7 Å². The van der Waals surface area contributed by atoms with Crippen LogP contribution in [0.4, 0.5) is 5.82 Å². The number of carbonyl (C=O) groups is 1. The van der Waals surface area contributed by atoms with Gasteiger partial charge in [-0.15, -0.1) is 0 Å². The third kappa shape index (κ3) is 4.87. The minimum Gasteiger partial charge on any atom is -0.360 e. The smallest absolute Gasteiger partial charge is 0.263 e. The van der Waals surface area contributed by atoms with Crippen LogP contribution in [0.2, 0.25) is 0 Å². The fourth-order valence-electron chi connectivity index (χ4n) is 2.09. The van der Waals surface area contributed by atoms with E-state index in [1.54, 1.807) is 13.0 Å². The Labute approximate surface area is 129 Å². The Morgan fingerprint density at radius 2 is 2.36 bits per heavy atom. The summed E-state index contributed by atoms with van der Waals surface area (Å²) in [7, 11) is 0. The molecule has 0 radical (unpaired) electrons. The lowest BCUT2D eigenvalue weighted by molar-refractivity contribution is -0.117. The van der Waals surface area contributed by atoms with Gasteiger partial charge in [0.25, 0.3) is 5.91 Å². The monoisotopic (exact) mass is 304 g/mol. The van der Waals surface area contributed by atoms with Gasteiger partial charge >= 0.3 is 0 Å². The first kappa shape index (κ1) is 16.0. The number of nitrogens with one attached hydrogen (secondary N) is 3. The van der Waals surface area contributed by atoms with Crippen molar-refractivity contribution in [3.05, 3.63) is 23.6 Å². The first-order valence-corrected chi connectivity index (χ1v) is 7.20. The van der Waals surface area contributed by atoms with Gasteiger partial charge in [-0.1, -0.05) is 5.16 Å². The number of nitriles is 1. The van der Waals surface area contributed by atoms with Crippen LogP contribution in [-0.4, -0.2) is 55.2 Å². The molecule has 22 heavy (non-hydrogen) atoms. The van der Waals surface area contributed by atoms with Gasteiger partial charge in [0.05, 0.1) is 0 Å². The molecule has 0 spiro atoms. The maximum Gasteiger partial charge on any atom is 0.263 e. The first-order valence-electron chi connectivity index (χ1n) is 7.20. The molecule has 1 aromatic rings. The van der Waals surface area contributed by atoms with Crippen molar-refractivity contribution in [2.75, 3.05) is 44.6 Å². The van der Waals surface area contributed by atoms with Gasteiger partial charge in [-0.3, -0.25) is 9.69 Å². The molecule has 8 heteroatoms. The normalized spacial score (nSPS) is 16.1. The Balaban J connectivity index is 1.77. The minimum atomic E-state index is -0.398. The van der Waals surface area contributed by atoms with E-state index in [1.807, 2.05) is 6.07 Å². The highest BCUT2D eigenvalue weighted by molar-refractivity contribution is 5.97. The number of hydrogen-bond donors (Lipinski definition) is 3. The molecule has 0 bridgehead atoms. The summed E-state index contributed by atoms with van der Waals surface area (Å²) in [6, 6.07) is 3.55. The van der Waals surface area contributed by atoms with E-state index in [-0.39, 0.29) is 5.57 Å². The molecule has 2 heterocycles. The van der Waals surface area contributed by atoms with Gasteiger partial charge in [0.15, 0.2) is 5.82 Å². The van der Waals surface area contributed by atoms with Crippen LogP contribution in [0, 0.1) is 18.3 Å². The van der Waals surface area contributed by atoms with E-state index < -0.39 is 5.91 Å². The molecule has 0 atom stereocenters. The Kier molecular flexibility index (Phi) is 5.94. The molecule has 3 N–H and O–H groups in total. The van der Waals surface area contributed by atoms with E-state index in [4.69, 9.17) is 9.78 Å². The number of hydrogen-bond acceptors (Lipinski definition) is 7. The second-order valence-corrected chi connectivity index (χ2v) is 4.98. The van der Waals surface area contributed by atoms with Gasteiger partial charge < -0.3 is 20.5 Å². The Morgan fingerprint density at radius 1 is 1.59 bits per heavy atom. The topological polar surface area (TPSA) is 106 Å². The first-order chi connectivity index (χ1) is 10.7. The SMILES string of the molecule is Cc1cc(N/C=C(/C#N)C(=O)NCCN2CCNCC2)no1. The van der Waals surface area contributed by atoms with Crippen molar-refractivity contribution in [3.8, 4) is 6.07 Å². The van der Waals surface area contributed by atoms with Crippen LogP contribution in [0.25, 0.3) is 0 Å². The van der Waals surface area contributed by atoms with Gasteiger partial charge in [0, 0.05) is 51.5 Å². The predicted octanol–water partition coefficient (Wildman–Crippen LogP) is -0.176. The molecule has 1 amide bonds. The van der Waals surface area contributed by atoms with E-state index >= 15 is 0 Å². The molecule has 1 aromatic heterocycles. The van der Waals surface area contributed by atoms with Crippen molar-refractivity contribution in [2.24, 2.45) is 0 Å². The van der Waals surface area contributed by atoms with Gasteiger partial charge in [0.2, 0.25) is 0 Å². The third-order valence-corrected chi connectivity index (χ3v) is 3.28. The van der Waals surface area contributed by atoms with Crippen LogP contribution in [0.3, 0.4) is 0 Å². The highest BCUT2D eigenvalue weighted by Crippen LogP contribution is 2.07. The minimum absolute atomic E-state index is 0.000892. The molecule has 8 nitrogen and oxygen atoms in total. The van der Waals surface area contributed by atoms with Crippen LogP contribution in [0.15, 0.2) is 22.4 Å². The second-order valence-electron chi connectivity index (χ2n) is 4.98. The number of nitrogens with zero attached hydrogens (tertiary/aromatic N) is 3. The van der Waals surface area contributed by atoms with Crippen LogP contribution >= 0.6 is 0 Å². The second kappa shape index (κ2) is 8.17. The molecule has 0 aromatic carbocycles. The summed E-state index contributed by atoms with van der Waals surface area (Å²) in [6.45, 7) is 6.95. The number of anilines is 1. The van der Waals surface area contributed by atoms with E-state index in [0.29, 0.717) is 18.1 Å². The summed E-state index contributed by atoms with van der Waals surface area (Å²) in [5, 5.41) is 21.6. The Hall–Kier alpha value is -2.37. The lowest BCUT2D eigenvalue weighted by Crippen LogP contribution is -2.46. The van der Waals surface area contributed by atoms with Crippen LogP contribution < -0.4 is 16.0 Å². The van der Waals surface area contributed by atoms with Gasteiger partial charge in [-0.05, 0) is 6.92 Å². The highest BCUT2D eigenvalue weighted by Gasteiger charge is 2.11. The number of aromatic nitrogens is 1. The van der Waals surface area contributed by atoms with Crippen molar-refractivity contribution in [2.45, 2.75) is 6.92 Å². The maximum atomic E-state index is 11.9. The molecule has 0 aliphatic carbocycles. The lowest BCUT2D eigenvalue weighted by atomic mass is 10.3. The summed E-state index contributed by atoms with van der Waals surface area (Å²) in [5.74, 6) is 0.707. The fourth-order valence-corrected chi connectivity index (χ4v) is 2.09. The molecule has 1 aliphatic rings. The molecule has 1 aliphatic heterocycles. The molecular weight excluding hydrogens is 284 g/mol. The summed E-state index contributed by atoms with van der Waals surface area (Å²) in [4.78, 5) is 14.2. The number of aryl methyl sites for hydroxylation is 1. The molecular formula is C14H20N6O2. The zero-order chi connectivity index (χ0) is 15.8.